The number of hydrogen-bond acceptors (Lipinski definition) is 2. The van der Waals surface area contributed by atoms with Crippen LogP contribution in [-0.2, 0) is 4.79 Å². The summed E-state index contributed by atoms with van der Waals surface area (Å²) in [4.78, 5) is 26.1. The minimum Gasteiger partial charge on any atom is -0.326 e. The first-order valence-corrected chi connectivity index (χ1v) is 8.77. The van der Waals surface area contributed by atoms with Crippen molar-refractivity contribution in [1.29, 1.82) is 0 Å². The number of nitrogens with zero attached hydrogens (tertiary/aromatic N) is 1. The quantitative estimate of drug-likeness (QED) is 0.796. The minimum atomic E-state index is -0.193. The first kappa shape index (κ1) is 17.0. The average molecular weight is 408 g/mol. The second-order valence-corrected chi connectivity index (χ2v) is 7.13. The lowest BCUT2D eigenvalue weighted by Crippen LogP contribution is -2.26. The zero-order chi connectivity index (χ0) is 17.3. The van der Waals surface area contributed by atoms with E-state index >= 15 is 0 Å². The number of benzene rings is 2. The van der Waals surface area contributed by atoms with Crippen molar-refractivity contribution in [2.24, 2.45) is 5.92 Å². The molecule has 1 N–H and O–H groups in total. The van der Waals surface area contributed by atoms with Crippen LogP contribution in [0.4, 0.5) is 11.4 Å². The van der Waals surface area contributed by atoms with E-state index < -0.39 is 0 Å². The van der Waals surface area contributed by atoms with Crippen molar-refractivity contribution in [3.8, 4) is 0 Å². The van der Waals surface area contributed by atoms with Gasteiger partial charge in [-0.05, 0) is 49.2 Å². The van der Waals surface area contributed by atoms with E-state index in [1.807, 2.05) is 6.07 Å². The largest absolute Gasteiger partial charge is 0.326 e. The lowest BCUT2D eigenvalue weighted by Gasteiger charge is -2.19. The van der Waals surface area contributed by atoms with Gasteiger partial charge in [-0.15, -0.1) is 0 Å². The van der Waals surface area contributed by atoms with Crippen molar-refractivity contribution in [1.82, 2.24) is 0 Å². The molecule has 2 amide bonds. The zero-order valence-electron chi connectivity index (χ0n) is 13.1. The third-order valence-corrected chi connectivity index (χ3v) is 4.70. The van der Waals surface area contributed by atoms with Crippen molar-refractivity contribution in [2.75, 3.05) is 17.3 Å². The van der Waals surface area contributed by atoms with Crippen molar-refractivity contribution in [3.05, 3.63) is 57.5 Å². The van der Waals surface area contributed by atoms with Crippen molar-refractivity contribution < 1.29 is 9.59 Å². The number of anilines is 2. The molecule has 1 saturated carbocycles. The smallest absolute Gasteiger partial charge is 0.258 e. The Hall–Kier alpha value is -1.85. The summed E-state index contributed by atoms with van der Waals surface area (Å²) in [5, 5.41) is 3.34. The first-order chi connectivity index (χ1) is 11.5. The molecule has 0 radical (unpaired) electrons. The summed E-state index contributed by atoms with van der Waals surface area (Å²) in [7, 11) is 1.67. The van der Waals surface area contributed by atoms with Crippen LogP contribution in [0.25, 0.3) is 0 Å². The maximum absolute atomic E-state index is 12.7. The van der Waals surface area contributed by atoms with Crippen LogP contribution >= 0.6 is 27.5 Å². The topological polar surface area (TPSA) is 49.4 Å². The molecule has 0 unspecified atom stereocenters. The Balaban J connectivity index is 1.79. The molecule has 2 aromatic carbocycles. The molecule has 0 heterocycles. The summed E-state index contributed by atoms with van der Waals surface area (Å²) >= 11 is 9.57. The highest BCUT2D eigenvalue weighted by Gasteiger charge is 2.29. The van der Waals surface area contributed by atoms with Crippen LogP contribution in [0.3, 0.4) is 0 Å². The standard InChI is InChI=1S/C18H16BrClN2O2/c1-22(16-8-7-13(19)10-15(16)20)18(24)12-3-2-4-14(9-12)21-17(23)11-5-6-11/h2-4,7-11H,5-6H2,1H3,(H,21,23). The molecule has 3 rings (SSSR count). The molecule has 0 aliphatic heterocycles. The molecule has 4 nitrogen and oxygen atoms in total. The zero-order valence-corrected chi connectivity index (χ0v) is 15.4. The number of carbonyl (C=O) groups excluding carboxylic acids is 2. The Kier molecular flexibility index (Phi) is 4.92. The normalized spacial score (nSPS) is 13.5. The van der Waals surface area contributed by atoms with Crippen LogP contribution in [0.15, 0.2) is 46.9 Å². The van der Waals surface area contributed by atoms with E-state index in [1.165, 1.54) is 4.90 Å². The maximum Gasteiger partial charge on any atom is 0.258 e. The second-order valence-electron chi connectivity index (χ2n) is 5.80. The molecule has 2 aromatic rings. The fraction of sp³-hybridized carbons (Fsp3) is 0.222. The van der Waals surface area contributed by atoms with E-state index in [9.17, 15) is 9.59 Å². The van der Waals surface area contributed by atoms with E-state index in [0.29, 0.717) is 22.0 Å². The van der Waals surface area contributed by atoms with Crippen molar-refractivity contribution in [2.45, 2.75) is 12.8 Å². The molecule has 0 aromatic heterocycles. The number of halogens is 2. The van der Waals surface area contributed by atoms with Gasteiger partial charge in [-0.3, -0.25) is 9.59 Å². The second kappa shape index (κ2) is 6.95. The van der Waals surface area contributed by atoms with Gasteiger partial charge in [0.1, 0.15) is 0 Å². The molecular weight excluding hydrogens is 392 g/mol. The van der Waals surface area contributed by atoms with Crippen LogP contribution in [0.1, 0.15) is 23.2 Å². The third kappa shape index (κ3) is 3.79. The molecule has 124 valence electrons. The Bertz CT molecular complexity index is 805. The number of nitrogens with one attached hydrogen (secondary N) is 1. The van der Waals surface area contributed by atoms with Crippen LogP contribution in [0.2, 0.25) is 5.02 Å². The minimum absolute atomic E-state index is 0.0175. The van der Waals surface area contributed by atoms with Crippen LogP contribution < -0.4 is 10.2 Å². The summed E-state index contributed by atoms with van der Waals surface area (Å²) in [5.74, 6) is -0.0562. The highest BCUT2D eigenvalue weighted by atomic mass is 79.9. The van der Waals surface area contributed by atoms with Crippen LogP contribution in [0.5, 0.6) is 0 Å². The Morgan fingerprint density at radius 1 is 1.21 bits per heavy atom. The number of carbonyl (C=O) groups is 2. The average Bonchev–Trinajstić information content (AvgIpc) is 3.39. The van der Waals surface area contributed by atoms with Gasteiger partial charge in [-0.2, -0.15) is 0 Å². The van der Waals surface area contributed by atoms with Gasteiger partial charge >= 0.3 is 0 Å². The third-order valence-electron chi connectivity index (χ3n) is 3.90. The maximum atomic E-state index is 12.7. The summed E-state index contributed by atoms with van der Waals surface area (Å²) in [5.41, 5.74) is 1.75. The van der Waals surface area contributed by atoms with E-state index in [0.717, 1.165) is 17.3 Å². The van der Waals surface area contributed by atoms with Gasteiger partial charge in [0.15, 0.2) is 0 Å². The molecule has 0 saturated heterocycles. The molecular formula is C18H16BrClN2O2. The van der Waals surface area contributed by atoms with E-state index in [-0.39, 0.29) is 17.7 Å². The predicted molar refractivity (Wildman–Crippen MR) is 99.7 cm³/mol. The highest BCUT2D eigenvalue weighted by molar-refractivity contribution is 9.10. The monoisotopic (exact) mass is 406 g/mol. The SMILES string of the molecule is CN(C(=O)c1cccc(NC(=O)C2CC2)c1)c1ccc(Br)cc1Cl. The van der Waals surface area contributed by atoms with Gasteiger partial charge in [-0.1, -0.05) is 33.6 Å². The molecule has 6 heteroatoms. The molecule has 0 atom stereocenters. The van der Waals surface area contributed by atoms with E-state index in [1.54, 1.807) is 43.4 Å². The predicted octanol–water partition coefficient (Wildman–Crippen LogP) is 4.73. The molecule has 0 spiro atoms. The van der Waals surface area contributed by atoms with Crippen LogP contribution in [-0.4, -0.2) is 18.9 Å². The Morgan fingerprint density at radius 2 is 1.96 bits per heavy atom. The van der Waals surface area contributed by atoms with Gasteiger partial charge < -0.3 is 10.2 Å². The molecule has 24 heavy (non-hydrogen) atoms. The lowest BCUT2D eigenvalue weighted by molar-refractivity contribution is -0.117. The van der Waals surface area contributed by atoms with Gasteiger partial charge in [0.05, 0.1) is 10.7 Å². The fourth-order valence-electron chi connectivity index (χ4n) is 2.38. The molecule has 1 fully saturated rings. The molecule has 1 aliphatic rings. The van der Waals surface area contributed by atoms with Gasteiger partial charge in [0.25, 0.3) is 5.91 Å². The first-order valence-electron chi connectivity index (χ1n) is 7.60. The number of hydrogen-bond donors (Lipinski definition) is 1. The number of amides is 2. The van der Waals surface area contributed by atoms with Gasteiger partial charge in [0.2, 0.25) is 5.91 Å². The summed E-state index contributed by atoms with van der Waals surface area (Å²) in [6.07, 6.45) is 1.88. The lowest BCUT2D eigenvalue weighted by atomic mass is 10.1. The Morgan fingerprint density at radius 3 is 2.62 bits per heavy atom. The van der Waals surface area contributed by atoms with Gasteiger partial charge in [0, 0.05) is 28.7 Å². The van der Waals surface area contributed by atoms with Crippen LogP contribution in [0, 0.1) is 5.92 Å². The molecule has 0 bridgehead atoms. The Labute approximate surface area is 153 Å². The number of rotatable bonds is 4. The van der Waals surface area contributed by atoms with E-state index in [2.05, 4.69) is 21.2 Å². The van der Waals surface area contributed by atoms with Crippen molar-refractivity contribution in [3.63, 3.8) is 0 Å². The highest BCUT2D eigenvalue weighted by Crippen LogP contribution is 2.31. The van der Waals surface area contributed by atoms with Crippen molar-refractivity contribution >= 4 is 50.7 Å². The summed E-state index contributed by atoms with van der Waals surface area (Å²) in [6, 6.07) is 12.3. The molecule has 1 aliphatic carbocycles. The van der Waals surface area contributed by atoms with Gasteiger partial charge in [-0.25, -0.2) is 0 Å². The summed E-state index contributed by atoms with van der Waals surface area (Å²) in [6.45, 7) is 0. The fourth-order valence-corrected chi connectivity index (χ4v) is 3.18. The van der Waals surface area contributed by atoms with E-state index in [4.69, 9.17) is 11.6 Å². The summed E-state index contributed by atoms with van der Waals surface area (Å²) < 4.78 is 0.849.